The second kappa shape index (κ2) is 7.11. The van der Waals surface area contributed by atoms with E-state index >= 15 is 0 Å². The minimum absolute atomic E-state index is 0.0555. The molecule has 0 saturated heterocycles. The van der Waals surface area contributed by atoms with Crippen molar-refractivity contribution in [3.8, 4) is 0 Å². The number of amides is 1. The number of para-hydroxylation sites is 1. The molecule has 0 spiro atoms. The predicted molar refractivity (Wildman–Crippen MR) is 99.6 cm³/mol. The second-order valence-electron chi connectivity index (χ2n) is 6.03. The van der Waals surface area contributed by atoms with E-state index in [0.29, 0.717) is 12.1 Å². The first kappa shape index (κ1) is 16.6. The second-order valence-corrected chi connectivity index (χ2v) is 7.01. The molecule has 0 aliphatic rings. The molecule has 124 valence electrons. The fourth-order valence-electron chi connectivity index (χ4n) is 2.80. The van der Waals surface area contributed by atoms with Crippen LogP contribution in [-0.4, -0.2) is 36.4 Å². The molecule has 1 aromatic carbocycles. The van der Waals surface area contributed by atoms with Gasteiger partial charge in [0.25, 0.3) is 5.91 Å². The first-order valence-electron chi connectivity index (χ1n) is 7.90. The van der Waals surface area contributed by atoms with Crippen LogP contribution in [0.2, 0.25) is 0 Å². The van der Waals surface area contributed by atoms with Gasteiger partial charge in [0.1, 0.15) is 0 Å². The molecule has 0 fully saturated rings. The highest BCUT2D eigenvalue weighted by Crippen LogP contribution is 2.23. The van der Waals surface area contributed by atoms with Gasteiger partial charge in [-0.1, -0.05) is 24.3 Å². The highest BCUT2D eigenvalue weighted by molar-refractivity contribution is 7.10. The Kier molecular flexibility index (Phi) is 4.92. The van der Waals surface area contributed by atoms with Crippen molar-refractivity contribution in [3.05, 3.63) is 64.0 Å². The smallest absolute Gasteiger partial charge is 0.252 e. The van der Waals surface area contributed by atoms with Crippen LogP contribution >= 0.6 is 11.3 Å². The molecule has 3 aromatic rings. The van der Waals surface area contributed by atoms with Crippen LogP contribution in [-0.2, 0) is 0 Å². The maximum absolute atomic E-state index is 12.8. The summed E-state index contributed by atoms with van der Waals surface area (Å²) in [5, 5.41) is 6.04. The topological polar surface area (TPSA) is 45.2 Å². The number of nitrogens with zero attached hydrogens (tertiary/aromatic N) is 2. The first-order chi connectivity index (χ1) is 11.6. The molecule has 2 aromatic heterocycles. The molecule has 0 aliphatic heterocycles. The summed E-state index contributed by atoms with van der Waals surface area (Å²) >= 11 is 1.71. The van der Waals surface area contributed by atoms with Crippen LogP contribution in [0.1, 0.15) is 27.0 Å². The third-order valence-electron chi connectivity index (χ3n) is 4.04. The average molecular weight is 339 g/mol. The number of nitrogens with one attached hydrogen (secondary N) is 1. The number of carbonyl (C=O) groups is 1. The Labute approximate surface area is 146 Å². The molecule has 1 amide bonds. The van der Waals surface area contributed by atoms with Crippen LogP contribution in [0.3, 0.4) is 0 Å². The van der Waals surface area contributed by atoms with Crippen molar-refractivity contribution in [2.75, 3.05) is 20.6 Å². The van der Waals surface area contributed by atoms with E-state index < -0.39 is 0 Å². The summed E-state index contributed by atoms with van der Waals surface area (Å²) in [7, 11) is 4.06. The zero-order chi connectivity index (χ0) is 17.1. The molecule has 1 unspecified atom stereocenters. The molecule has 3 rings (SSSR count). The SMILES string of the molecule is Cc1cc(C(=O)NCC(c2cccs2)N(C)C)c2ccccc2n1. The van der Waals surface area contributed by atoms with Gasteiger partial charge >= 0.3 is 0 Å². The molecule has 0 saturated carbocycles. The van der Waals surface area contributed by atoms with Gasteiger partial charge in [-0.05, 0) is 44.6 Å². The normalized spacial score (nSPS) is 12.5. The maximum Gasteiger partial charge on any atom is 0.252 e. The summed E-state index contributed by atoms with van der Waals surface area (Å²) in [5.74, 6) is -0.0555. The minimum Gasteiger partial charge on any atom is -0.350 e. The van der Waals surface area contributed by atoms with Crippen molar-refractivity contribution >= 4 is 28.1 Å². The first-order valence-corrected chi connectivity index (χ1v) is 8.78. The number of rotatable bonds is 5. The Bertz CT molecular complexity index is 843. The zero-order valence-corrected chi connectivity index (χ0v) is 14.9. The molecule has 1 atom stereocenters. The average Bonchev–Trinajstić information content (AvgIpc) is 3.07. The number of fused-ring (bicyclic) bond motifs is 1. The van der Waals surface area contributed by atoms with Crippen LogP contribution in [0.15, 0.2) is 47.8 Å². The summed E-state index contributed by atoms with van der Waals surface area (Å²) in [6.07, 6.45) is 0. The number of carbonyl (C=O) groups excluding carboxylic acids is 1. The molecular formula is C19H21N3OS. The Hall–Kier alpha value is -2.24. The van der Waals surface area contributed by atoms with Crippen molar-refractivity contribution in [3.63, 3.8) is 0 Å². The standard InChI is InChI=1S/C19H21N3OS/c1-13-11-15(14-7-4-5-8-16(14)21-13)19(23)20-12-17(22(2)3)18-9-6-10-24-18/h4-11,17H,12H2,1-3H3,(H,20,23). The van der Waals surface area contributed by atoms with Crippen molar-refractivity contribution < 1.29 is 4.79 Å². The number of thiophene rings is 1. The number of hydrogen-bond donors (Lipinski definition) is 1. The van der Waals surface area contributed by atoms with Crippen molar-refractivity contribution in [2.45, 2.75) is 13.0 Å². The van der Waals surface area contributed by atoms with Crippen LogP contribution in [0.4, 0.5) is 0 Å². The summed E-state index contributed by atoms with van der Waals surface area (Å²) in [5.41, 5.74) is 2.38. The number of aromatic nitrogens is 1. The summed E-state index contributed by atoms with van der Waals surface area (Å²) in [4.78, 5) is 20.6. The molecule has 5 heteroatoms. The number of hydrogen-bond acceptors (Lipinski definition) is 4. The fourth-order valence-corrected chi connectivity index (χ4v) is 3.72. The van der Waals surface area contributed by atoms with Crippen molar-refractivity contribution in [2.24, 2.45) is 0 Å². The third-order valence-corrected chi connectivity index (χ3v) is 5.01. The Balaban J connectivity index is 1.83. The van der Waals surface area contributed by atoms with E-state index in [4.69, 9.17) is 0 Å². The van der Waals surface area contributed by atoms with Crippen molar-refractivity contribution in [1.82, 2.24) is 15.2 Å². The highest BCUT2D eigenvalue weighted by Gasteiger charge is 2.18. The number of aryl methyl sites for hydroxylation is 1. The van der Waals surface area contributed by atoms with Gasteiger partial charge in [0.05, 0.1) is 17.1 Å². The monoisotopic (exact) mass is 339 g/mol. The third kappa shape index (κ3) is 3.47. The van der Waals surface area contributed by atoms with Gasteiger partial charge in [-0.25, -0.2) is 0 Å². The van der Waals surface area contributed by atoms with E-state index in [1.165, 1.54) is 4.88 Å². The van der Waals surface area contributed by atoms with Crippen LogP contribution in [0.5, 0.6) is 0 Å². The lowest BCUT2D eigenvalue weighted by molar-refractivity contribution is 0.0944. The van der Waals surface area contributed by atoms with E-state index in [9.17, 15) is 4.79 Å². The molecule has 24 heavy (non-hydrogen) atoms. The highest BCUT2D eigenvalue weighted by atomic mass is 32.1. The fraction of sp³-hybridized carbons (Fsp3) is 0.263. The summed E-state index contributed by atoms with van der Waals surface area (Å²) < 4.78 is 0. The van der Waals surface area contributed by atoms with Gasteiger partial charge in [0.15, 0.2) is 0 Å². The number of pyridine rings is 1. The van der Waals surface area contributed by atoms with Gasteiger partial charge in [-0.2, -0.15) is 0 Å². The molecule has 0 radical (unpaired) electrons. The Morgan fingerprint density at radius 1 is 1.25 bits per heavy atom. The van der Waals surface area contributed by atoms with E-state index in [-0.39, 0.29) is 11.9 Å². The quantitative estimate of drug-likeness (QED) is 0.772. The zero-order valence-electron chi connectivity index (χ0n) is 14.1. The largest absolute Gasteiger partial charge is 0.350 e. The van der Waals surface area contributed by atoms with E-state index in [1.54, 1.807) is 11.3 Å². The minimum atomic E-state index is -0.0555. The van der Waals surface area contributed by atoms with Crippen LogP contribution < -0.4 is 5.32 Å². The lowest BCUT2D eigenvalue weighted by Crippen LogP contribution is -2.34. The number of benzene rings is 1. The molecular weight excluding hydrogens is 318 g/mol. The summed E-state index contributed by atoms with van der Waals surface area (Å²) in [6.45, 7) is 2.49. The van der Waals surface area contributed by atoms with Gasteiger partial charge in [0.2, 0.25) is 0 Å². The van der Waals surface area contributed by atoms with E-state index in [1.807, 2.05) is 57.4 Å². The molecule has 2 heterocycles. The number of likely N-dealkylation sites (N-methyl/N-ethyl adjacent to an activating group) is 1. The van der Waals surface area contributed by atoms with Crippen LogP contribution in [0.25, 0.3) is 10.9 Å². The molecule has 0 aliphatic carbocycles. The lowest BCUT2D eigenvalue weighted by Gasteiger charge is -2.23. The maximum atomic E-state index is 12.8. The Morgan fingerprint density at radius 2 is 2.04 bits per heavy atom. The summed E-state index contributed by atoms with van der Waals surface area (Å²) in [6, 6.07) is 13.9. The van der Waals surface area contributed by atoms with Crippen molar-refractivity contribution in [1.29, 1.82) is 0 Å². The predicted octanol–water partition coefficient (Wildman–Crippen LogP) is 3.64. The molecule has 1 N–H and O–H groups in total. The van der Waals surface area contributed by atoms with E-state index in [2.05, 4.69) is 26.6 Å². The Morgan fingerprint density at radius 3 is 2.75 bits per heavy atom. The lowest BCUT2D eigenvalue weighted by atomic mass is 10.1. The van der Waals surface area contributed by atoms with Crippen LogP contribution in [0, 0.1) is 6.92 Å². The van der Waals surface area contributed by atoms with Gasteiger partial charge in [-0.3, -0.25) is 9.78 Å². The molecule has 0 bridgehead atoms. The van der Waals surface area contributed by atoms with Gasteiger partial charge < -0.3 is 10.2 Å². The van der Waals surface area contributed by atoms with Gasteiger partial charge in [-0.15, -0.1) is 11.3 Å². The van der Waals surface area contributed by atoms with E-state index in [0.717, 1.165) is 16.6 Å². The van der Waals surface area contributed by atoms with Gasteiger partial charge in [0, 0.05) is 22.5 Å². The molecule has 4 nitrogen and oxygen atoms in total.